The highest BCUT2D eigenvalue weighted by molar-refractivity contribution is 7.10. The van der Waals surface area contributed by atoms with E-state index in [1.54, 1.807) is 29.2 Å². The van der Waals surface area contributed by atoms with E-state index in [0.29, 0.717) is 12.1 Å². The second-order valence-corrected chi connectivity index (χ2v) is 7.51. The lowest BCUT2D eigenvalue weighted by atomic mass is 10.00. The molecule has 1 amide bonds. The van der Waals surface area contributed by atoms with E-state index in [2.05, 4.69) is 0 Å². The number of rotatable bonds is 6. The highest BCUT2D eigenvalue weighted by atomic mass is 32.1. The fourth-order valence-corrected chi connectivity index (χ4v) is 4.01. The molecule has 1 N–H and O–H groups in total. The molecule has 136 valence electrons. The second-order valence-electron chi connectivity index (χ2n) is 6.53. The van der Waals surface area contributed by atoms with Crippen LogP contribution in [0.3, 0.4) is 0 Å². The van der Waals surface area contributed by atoms with Gasteiger partial charge in [0.15, 0.2) is 0 Å². The van der Waals surface area contributed by atoms with Gasteiger partial charge >= 0.3 is 0 Å². The minimum absolute atomic E-state index is 0.113. The molecule has 0 radical (unpaired) electrons. The van der Waals surface area contributed by atoms with Crippen LogP contribution in [0.25, 0.3) is 5.76 Å². The van der Waals surface area contributed by atoms with Crippen LogP contribution in [0.15, 0.2) is 53.4 Å². The molecular weight excluding hydrogens is 348 g/mol. The molecule has 2 heterocycles. The number of amides is 1. The van der Waals surface area contributed by atoms with Gasteiger partial charge in [0, 0.05) is 17.0 Å². The largest absolute Gasteiger partial charge is 0.507 e. The summed E-state index contributed by atoms with van der Waals surface area (Å²) in [6.07, 6.45) is 0.757. The van der Waals surface area contributed by atoms with Crippen LogP contribution in [0.5, 0.6) is 0 Å². The summed E-state index contributed by atoms with van der Waals surface area (Å²) in [5.41, 5.74) is 0.717. The van der Waals surface area contributed by atoms with E-state index in [1.165, 1.54) is 11.3 Å². The van der Waals surface area contributed by atoms with Gasteiger partial charge in [-0.1, -0.05) is 36.4 Å². The third-order valence-corrected chi connectivity index (χ3v) is 5.33. The summed E-state index contributed by atoms with van der Waals surface area (Å²) < 4.78 is 0. The monoisotopic (exact) mass is 370 g/mol. The van der Waals surface area contributed by atoms with Crippen LogP contribution in [-0.2, 0) is 9.59 Å². The molecule has 1 fully saturated rings. The highest BCUT2D eigenvalue weighted by Gasteiger charge is 2.46. The molecule has 3 rings (SSSR count). The smallest absolute Gasteiger partial charge is 0.295 e. The summed E-state index contributed by atoms with van der Waals surface area (Å²) in [7, 11) is 3.94. The zero-order valence-corrected chi connectivity index (χ0v) is 15.7. The summed E-state index contributed by atoms with van der Waals surface area (Å²) >= 11 is 1.48. The van der Waals surface area contributed by atoms with Crippen molar-refractivity contribution < 1.29 is 14.7 Å². The number of aliphatic hydroxyl groups excluding tert-OH is 1. The standard InChI is InChI=1S/C20H22N2O3S/c1-21(2)11-7-12-22-17(15-10-6-13-26-15)16(19(24)20(22)25)18(23)14-8-4-3-5-9-14/h3-6,8-10,13,17,23H,7,11-12H2,1-2H3/b18-16+/t17-/m0/s1. The van der Waals surface area contributed by atoms with Crippen molar-refractivity contribution in [3.63, 3.8) is 0 Å². The van der Waals surface area contributed by atoms with E-state index in [0.717, 1.165) is 17.8 Å². The van der Waals surface area contributed by atoms with Gasteiger partial charge in [0.1, 0.15) is 5.76 Å². The molecular formula is C20H22N2O3S. The fourth-order valence-electron chi connectivity index (χ4n) is 3.16. The lowest BCUT2D eigenvalue weighted by molar-refractivity contribution is -0.139. The third kappa shape index (κ3) is 3.57. The molecule has 0 spiro atoms. The van der Waals surface area contributed by atoms with Gasteiger partial charge in [0.05, 0.1) is 11.6 Å². The Labute approximate surface area is 157 Å². The van der Waals surface area contributed by atoms with Gasteiger partial charge in [-0.15, -0.1) is 11.3 Å². The molecule has 6 heteroatoms. The van der Waals surface area contributed by atoms with E-state index < -0.39 is 17.7 Å². The SMILES string of the molecule is CN(C)CCCN1C(=O)C(=O)/C(=C(/O)c2ccccc2)[C@@H]1c1cccs1. The average molecular weight is 370 g/mol. The predicted octanol–water partition coefficient (Wildman–Crippen LogP) is 3.12. The van der Waals surface area contributed by atoms with E-state index in [4.69, 9.17) is 0 Å². The summed E-state index contributed by atoms with van der Waals surface area (Å²) in [6.45, 7) is 1.29. The zero-order valence-electron chi connectivity index (χ0n) is 14.9. The van der Waals surface area contributed by atoms with E-state index >= 15 is 0 Å². The van der Waals surface area contributed by atoms with Gasteiger partial charge in [-0.25, -0.2) is 0 Å². The van der Waals surface area contributed by atoms with Crippen molar-refractivity contribution in [1.82, 2.24) is 9.80 Å². The van der Waals surface area contributed by atoms with Gasteiger partial charge in [-0.2, -0.15) is 0 Å². The van der Waals surface area contributed by atoms with Crippen molar-refractivity contribution in [1.29, 1.82) is 0 Å². The number of Topliss-reactive ketones (excluding diaryl/α,β-unsaturated/α-hetero) is 1. The number of benzene rings is 1. The lowest BCUT2D eigenvalue weighted by Gasteiger charge is -2.24. The van der Waals surface area contributed by atoms with Crippen LogP contribution in [-0.4, -0.2) is 53.8 Å². The Morgan fingerprint density at radius 2 is 1.88 bits per heavy atom. The molecule has 5 nitrogen and oxygen atoms in total. The van der Waals surface area contributed by atoms with Gasteiger partial charge in [0.2, 0.25) is 0 Å². The summed E-state index contributed by atoms with van der Waals surface area (Å²) in [5.74, 6) is -1.27. The third-order valence-electron chi connectivity index (χ3n) is 4.40. The van der Waals surface area contributed by atoms with Crippen LogP contribution < -0.4 is 0 Å². The molecule has 0 unspecified atom stereocenters. The second kappa shape index (κ2) is 7.85. The minimum atomic E-state index is -0.616. The number of ketones is 1. The van der Waals surface area contributed by atoms with Crippen LogP contribution in [0.1, 0.15) is 22.9 Å². The fraction of sp³-hybridized carbons (Fsp3) is 0.300. The van der Waals surface area contributed by atoms with Crippen LogP contribution in [0.4, 0.5) is 0 Å². The van der Waals surface area contributed by atoms with Crippen molar-refractivity contribution in [3.8, 4) is 0 Å². The average Bonchev–Trinajstić information content (AvgIpc) is 3.24. The van der Waals surface area contributed by atoms with Crippen molar-refractivity contribution in [3.05, 3.63) is 63.9 Å². The summed E-state index contributed by atoms with van der Waals surface area (Å²) in [4.78, 5) is 29.9. The zero-order chi connectivity index (χ0) is 18.7. The van der Waals surface area contributed by atoms with Crippen LogP contribution in [0.2, 0.25) is 0 Å². The van der Waals surface area contributed by atoms with Crippen molar-refractivity contribution in [2.24, 2.45) is 0 Å². The Morgan fingerprint density at radius 1 is 1.15 bits per heavy atom. The Hall–Kier alpha value is -2.44. The van der Waals surface area contributed by atoms with E-state index in [1.807, 2.05) is 42.6 Å². The van der Waals surface area contributed by atoms with E-state index in [-0.39, 0.29) is 11.3 Å². The lowest BCUT2D eigenvalue weighted by Crippen LogP contribution is -2.32. The molecule has 1 aromatic heterocycles. The van der Waals surface area contributed by atoms with Gasteiger partial charge in [-0.05, 0) is 38.5 Å². The number of hydrogen-bond donors (Lipinski definition) is 1. The molecule has 1 saturated heterocycles. The molecule has 1 aromatic carbocycles. The van der Waals surface area contributed by atoms with Gasteiger partial charge in [-0.3, -0.25) is 9.59 Å². The number of thiophene rings is 1. The summed E-state index contributed by atoms with van der Waals surface area (Å²) in [6, 6.07) is 12.2. The maximum atomic E-state index is 12.7. The Morgan fingerprint density at radius 3 is 2.50 bits per heavy atom. The number of carbonyl (C=O) groups is 2. The number of likely N-dealkylation sites (tertiary alicyclic amines) is 1. The Balaban J connectivity index is 2.02. The van der Waals surface area contributed by atoms with E-state index in [9.17, 15) is 14.7 Å². The molecule has 0 aliphatic carbocycles. The van der Waals surface area contributed by atoms with Crippen molar-refractivity contribution in [2.45, 2.75) is 12.5 Å². The molecule has 2 aromatic rings. The van der Waals surface area contributed by atoms with Crippen LogP contribution >= 0.6 is 11.3 Å². The topological polar surface area (TPSA) is 60.9 Å². The number of nitrogens with zero attached hydrogens (tertiary/aromatic N) is 2. The maximum Gasteiger partial charge on any atom is 0.295 e. The molecule has 26 heavy (non-hydrogen) atoms. The highest BCUT2D eigenvalue weighted by Crippen LogP contribution is 2.40. The summed E-state index contributed by atoms with van der Waals surface area (Å²) in [5, 5.41) is 12.7. The predicted molar refractivity (Wildman–Crippen MR) is 103 cm³/mol. The molecule has 0 bridgehead atoms. The van der Waals surface area contributed by atoms with Gasteiger partial charge in [0.25, 0.3) is 11.7 Å². The van der Waals surface area contributed by atoms with Gasteiger partial charge < -0.3 is 14.9 Å². The first kappa shape index (κ1) is 18.4. The van der Waals surface area contributed by atoms with Crippen LogP contribution in [0, 0.1) is 0 Å². The molecule has 1 atom stereocenters. The normalized spacial score (nSPS) is 19.5. The molecule has 0 saturated carbocycles. The first-order valence-corrected chi connectivity index (χ1v) is 9.40. The number of aliphatic hydroxyl groups is 1. The first-order valence-electron chi connectivity index (χ1n) is 8.52. The number of hydrogen-bond acceptors (Lipinski definition) is 5. The Bertz CT molecular complexity index is 813. The first-order chi connectivity index (χ1) is 12.5. The molecule has 1 aliphatic heterocycles. The number of carbonyl (C=O) groups excluding carboxylic acids is 2. The minimum Gasteiger partial charge on any atom is -0.507 e. The van der Waals surface area contributed by atoms with Crippen molar-refractivity contribution >= 4 is 28.8 Å². The quantitative estimate of drug-likeness (QED) is 0.482. The molecule has 1 aliphatic rings. The maximum absolute atomic E-state index is 12.7. The Kier molecular flexibility index (Phi) is 5.54. The van der Waals surface area contributed by atoms with Crippen molar-refractivity contribution in [2.75, 3.05) is 27.2 Å².